The first-order valence-electron chi connectivity index (χ1n) is 7.04. The maximum atomic E-state index is 12.1. The molecule has 4 nitrogen and oxygen atoms in total. The number of nitrogens with one attached hydrogen (secondary N) is 1. The van der Waals surface area contributed by atoms with E-state index in [4.69, 9.17) is 0 Å². The van der Waals surface area contributed by atoms with Crippen molar-refractivity contribution in [2.45, 2.75) is 31.0 Å². The molecule has 1 aromatic carbocycles. The van der Waals surface area contributed by atoms with Crippen LogP contribution in [0.2, 0.25) is 0 Å². The average Bonchev–Trinajstić information content (AvgIpc) is 2.85. The summed E-state index contributed by atoms with van der Waals surface area (Å²) in [6.07, 6.45) is 2.97. The number of thiazole rings is 1. The molecule has 2 rings (SSSR count). The number of carbonyl (C=O) groups is 1. The number of benzene rings is 1. The average molecular weight is 370 g/mol. The van der Waals surface area contributed by atoms with Gasteiger partial charge in [0, 0.05) is 19.8 Å². The summed E-state index contributed by atoms with van der Waals surface area (Å²) in [5.74, 6) is -0.0182. The summed E-state index contributed by atoms with van der Waals surface area (Å²) in [6, 6.07) is 6.10. The Morgan fingerprint density at radius 3 is 2.90 bits per heavy atom. The summed E-state index contributed by atoms with van der Waals surface area (Å²) in [6.45, 7) is 2.12. The number of aromatic nitrogens is 1. The number of alkyl halides is 1. The number of anilines is 2. The molecule has 1 aromatic heterocycles. The molecule has 0 saturated carbocycles. The van der Waals surface area contributed by atoms with Gasteiger partial charge in [-0.2, -0.15) is 0 Å². The Balaban J connectivity index is 2.10. The van der Waals surface area contributed by atoms with Crippen LogP contribution in [-0.2, 0) is 4.79 Å². The van der Waals surface area contributed by atoms with Crippen LogP contribution >= 0.6 is 27.3 Å². The van der Waals surface area contributed by atoms with Gasteiger partial charge >= 0.3 is 0 Å². The molecule has 1 heterocycles. The Kier molecular flexibility index (Phi) is 5.58. The number of hydrogen-bond donors (Lipinski definition) is 1. The Hall–Kier alpha value is -1.14. The van der Waals surface area contributed by atoms with Crippen molar-refractivity contribution in [2.24, 2.45) is 0 Å². The van der Waals surface area contributed by atoms with E-state index >= 15 is 0 Å². The fourth-order valence-electron chi connectivity index (χ4n) is 1.94. The van der Waals surface area contributed by atoms with Gasteiger partial charge in [-0.05, 0) is 24.6 Å². The second kappa shape index (κ2) is 7.22. The van der Waals surface area contributed by atoms with E-state index in [2.05, 4.69) is 44.1 Å². The molecule has 0 aliphatic heterocycles. The SMILES string of the molecule is CCCC[C@@H](Br)C(=O)Nc1nc2ccc(N(C)C)cc2s1. The third kappa shape index (κ3) is 4.17. The third-order valence-electron chi connectivity index (χ3n) is 3.21. The van der Waals surface area contributed by atoms with E-state index in [1.165, 1.54) is 11.3 Å². The molecule has 0 saturated heterocycles. The van der Waals surface area contributed by atoms with E-state index in [0.29, 0.717) is 5.13 Å². The van der Waals surface area contributed by atoms with Crippen molar-refractivity contribution in [2.75, 3.05) is 24.3 Å². The second-order valence-electron chi connectivity index (χ2n) is 5.16. The standard InChI is InChI=1S/C15H20BrN3OS/c1-4-5-6-11(16)14(20)18-15-17-12-8-7-10(19(2)3)9-13(12)21-15/h7-9,11H,4-6H2,1-3H3,(H,17,18,20)/t11-/m1/s1. The number of amides is 1. The summed E-state index contributed by atoms with van der Waals surface area (Å²) in [7, 11) is 4.02. The molecule has 1 atom stereocenters. The van der Waals surface area contributed by atoms with E-state index in [9.17, 15) is 4.79 Å². The quantitative estimate of drug-likeness (QED) is 0.773. The Morgan fingerprint density at radius 2 is 2.24 bits per heavy atom. The van der Waals surface area contributed by atoms with Crippen LogP contribution in [0.4, 0.5) is 10.8 Å². The smallest absolute Gasteiger partial charge is 0.239 e. The molecule has 0 spiro atoms. The van der Waals surface area contributed by atoms with Crippen LogP contribution in [0, 0.1) is 0 Å². The highest BCUT2D eigenvalue weighted by molar-refractivity contribution is 9.10. The number of unbranched alkanes of at least 4 members (excludes halogenated alkanes) is 1. The first kappa shape index (κ1) is 16.2. The van der Waals surface area contributed by atoms with Crippen LogP contribution in [0.15, 0.2) is 18.2 Å². The maximum absolute atomic E-state index is 12.1. The highest BCUT2D eigenvalue weighted by Gasteiger charge is 2.16. The molecule has 0 radical (unpaired) electrons. The number of rotatable bonds is 6. The predicted octanol–water partition coefficient (Wildman–Crippen LogP) is 4.25. The van der Waals surface area contributed by atoms with Crippen molar-refractivity contribution in [1.29, 1.82) is 0 Å². The lowest BCUT2D eigenvalue weighted by Gasteiger charge is -2.11. The lowest BCUT2D eigenvalue weighted by Crippen LogP contribution is -2.22. The van der Waals surface area contributed by atoms with Gasteiger partial charge in [0.2, 0.25) is 5.91 Å². The zero-order valence-corrected chi connectivity index (χ0v) is 14.9. The lowest BCUT2D eigenvalue weighted by atomic mass is 10.2. The van der Waals surface area contributed by atoms with Crippen LogP contribution in [0.1, 0.15) is 26.2 Å². The first-order chi connectivity index (χ1) is 10.0. The molecule has 0 aliphatic carbocycles. The fraction of sp³-hybridized carbons (Fsp3) is 0.467. The molecule has 0 fully saturated rings. The van der Waals surface area contributed by atoms with Gasteiger partial charge in [0.15, 0.2) is 5.13 Å². The normalized spacial score (nSPS) is 12.4. The summed E-state index contributed by atoms with van der Waals surface area (Å²) >= 11 is 4.94. The van der Waals surface area contributed by atoms with Crippen LogP contribution in [-0.4, -0.2) is 29.8 Å². The van der Waals surface area contributed by atoms with Crippen molar-refractivity contribution in [1.82, 2.24) is 4.98 Å². The van der Waals surface area contributed by atoms with Gasteiger partial charge in [-0.3, -0.25) is 4.79 Å². The largest absolute Gasteiger partial charge is 0.378 e. The van der Waals surface area contributed by atoms with E-state index < -0.39 is 0 Å². The van der Waals surface area contributed by atoms with E-state index in [1.807, 2.05) is 26.2 Å². The molecule has 0 unspecified atom stereocenters. The highest BCUT2D eigenvalue weighted by atomic mass is 79.9. The van der Waals surface area contributed by atoms with Gasteiger partial charge in [-0.15, -0.1) is 0 Å². The monoisotopic (exact) mass is 369 g/mol. The molecule has 6 heteroatoms. The van der Waals surface area contributed by atoms with E-state index in [1.54, 1.807) is 0 Å². The Morgan fingerprint density at radius 1 is 1.48 bits per heavy atom. The molecule has 1 amide bonds. The van der Waals surface area contributed by atoms with Gasteiger partial charge in [0.05, 0.1) is 15.0 Å². The molecule has 21 heavy (non-hydrogen) atoms. The number of fused-ring (bicyclic) bond motifs is 1. The van der Waals surface area contributed by atoms with Gasteiger partial charge in [-0.1, -0.05) is 47.0 Å². The van der Waals surface area contributed by atoms with Gasteiger partial charge in [0.25, 0.3) is 0 Å². The summed E-state index contributed by atoms with van der Waals surface area (Å²) in [4.78, 5) is 18.4. The Bertz CT molecular complexity index is 626. The summed E-state index contributed by atoms with van der Waals surface area (Å²) in [5.41, 5.74) is 2.05. The minimum absolute atomic E-state index is 0.0182. The zero-order chi connectivity index (χ0) is 15.4. The van der Waals surface area contributed by atoms with Gasteiger partial charge in [0.1, 0.15) is 0 Å². The molecular weight excluding hydrogens is 350 g/mol. The Labute approximate surface area is 137 Å². The number of hydrogen-bond acceptors (Lipinski definition) is 4. The lowest BCUT2D eigenvalue weighted by molar-refractivity contribution is -0.115. The minimum Gasteiger partial charge on any atom is -0.378 e. The van der Waals surface area contributed by atoms with Crippen molar-refractivity contribution >= 4 is 54.2 Å². The predicted molar refractivity (Wildman–Crippen MR) is 94.8 cm³/mol. The molecule has 114 valence electrons. The molecule has 0 aliphatic rings. The van der Waals surface area contributed by atoms with Crippen molar-refractivity contribution in [3.8, 4) is 0 Å². The summed E-state index contributed by atoms with van der Waals surface area (Å²) < 4.78 is 1.08. The highest BCUT2D eigenvalue weighted by Crippen LogP contribution is 2.29. The maximum Gasteiger partial charge on any atom is 0.239 e. The second-order valence-corrected chi connectivity index (χ2v) is 7.30. The van der Waals surface area contributed by atoms with Gasteiger partial charge < -0.3 is 10.2 Å². The van der Waals surface area contributed by atoms with Crippen molar-refractivity contribution < 1.29 is 4.79 Å². The van der Waals surface area contributed by atoms with E-state index in [-0.39, 0.29) is 10.7 Å². The van der Waals surface area contributed by atoms with Crippen LogP contribution in [0.25, 0.3) is 10.2 Å². The topological polar surface area (TPSA) is 45.2 Å². The zero-order valence-electron chi connectivity index (χ0n) is 12.5. The van der Waals surface area contributed by atoms with Crippen molar-refractivity contribution in [3.05, 3.63) is 18.2 Å². The number of halogens is 1. The van der Waals surface area contributed by atoms with E-state index in [0.717, 1.165) is 35.2 Å². The molecule has 2 aromatic rings. The van der Waals surface area contributed by atoms with Crippen LogP contribution < -0.4 is 10.2 Å². The third-order valence-corrected chi connectivity index (χ3v) is 5.02. The van der Waals surface area contributed by atoms with Gasteiger partial charge in [-0.25, -0.2) is 4.98 Å². The summed E-state index contributed by atoms with van der Waals surface area (Å²) in [5, 5.41) is 3.56. The fourth-order valence-corrected chi connectivity index (χ4v) is 3.28. The first-order valence-corrected chi connectivity index (χ1v) is 8.77. The molecule has 0 bridgehead atoms. The van der Waals surface area contributed by atoms with Crippen LogP contribution in [0.5, 0.6) is 0 Å². The number of carbonyl (C=O) groups excluding carboxylic acids is 1. The van der Waals surface area contributed by atoms with Crippen molar-refractivity contribution in [3.63, 3.8) is 0 Å². The minimum atomic E-state index is -0.151. The molecular formula is C15H20BrN3OS. The molecule has 1 N–H and O–H groups in total. The van der Waals surface area contributed by atoms with Crippen LogP contribution in [0.3, 0.4) is 0 Å². The number of nitrogens with zero attached hydrogens (tertiary/aromatic N) is 2.